The molecule has 0 radical (unpaired) electrons. The molecule has 0 aromatic carbocycles. The molecule has 3 rings (SSSR count). The fraction of sp³-hybridized carbons (Fsp3) is 0.200. The molecule has 1 unspecified atom stereocenters. The van der Waals surface area contributed by atoms with E-state index in [1.54, 1.807) is 0 Å². The highest BCUT2D eigenvalue weighted by molar-refractivity contribution is 5.49. The Morgan fingerprint density at radius 3 is 2.80 bits per heavy atom. The Morgan fingerprint density at radius 1 is 0.933 bits per heavy atom. The molecule has 0 amide bonds. The van der Waals surface area contributed by atoms with Gasteiger partial charge < -0.3 is 0 Å². The van der Waals surface area contributed by atoms with E-state index in [0.29, 0.717) is 5.92 Å². The first kappa shape index (κ1) is 8.72. The van der Waals surface area contributed by atoms with Crippen LogP contribution in [0.4, 0.5) is 0 Å². The van der Waals surface area contributed by atoms with Crippen LogP contribution >= 0.6 is 0 Å². The van der Waals surface area contributed by atoms with Crippen molar-refractivity contribution in [2.75, 3.05) is 0 Å². The van der Waals surface area contributed by atoms with Gasteiger partial charge in [-0.3, -0.25) is 0 Å². The van der Waals surface area contributed by atoms with Crippen LogP contribution in [0.25, 0.3) is 0 Å². The van der Waals surface area contributed by atoms with Gasteiger partial charge in [0.25, 0.3) is 0 Å². The Morgan fingerprint density at radius 2 is 1.93 bits per heavy atom. The van der Waals surface area contributed by atoms with Crippen LogP contribution in [0.15, 0.2) is 71.4 Å². The Labute approximate surface area is 90.7 Å². The molecule has 74 valence electrons. The lowest BCUT2D eigenvalue weighted by molar-refractivity contribution is 0.981. The minimum Gasteiger partial charge on any atom is -0.0801 e. The molecule has 0 fully saturated rings. The minimum absolute atomic E-state index is 0.538. The zero-order valence-corrected chi connectivity index (χ0v) is 8.69. The van der Waals surface area contributed by atoms with Gasteiger partial charge in [0.2, 0.25) is 0 Å². The van der Waals surface area contributed by atoms with Crippen LogP contribution in [0.3, 0.4) is 0 Å². The van der Waals surface area contributed by atoms with Gasteiger partial charge >= 0.3 is 0 Å². The van der Waals surface area contributed by atoms with Crippen molar-refractivity contribution in [3.63, 3.8) is 0 Å². The zero-order chi connectivity index (χ0) is 10.1. The lowest BCUT2D eigenvalue weighted by atomic mass is 10.0. The maximum atomic E-state index is 2.41. The van der Waals surface area contributed by atoms with E-state index >= 15 is 0 Å². The first-order chi connectivity index (χ1) is 7.43. The summed E-state index contributed by atoms with van der Waals surface area (Å²) in [6.07, 6.45) is 22.2. The Bertz CT molecular complexity index is 450. The molecular formula is C15H14. The predicted molar refractivity (Wildman–Crippen MR) is 64.4 cm³/mol. The summed E-state index contributed by atoms with van der Waals surface area (Å²) in [6, 6.07) is 0. The number of hydrogen-bond acceptors (Lipinski definition) is 0. The molecule has 0 heteroatoms. The SMILES string of the molecule is C1=CC=C2CC(C3=CC=CC3)=CC2C=C1. The van der Waals surface area contributed by atoms with Gasteiger partial charge in [-0.15, -0.1) is 0 Å². The van der Waals surface area contributed by atoms with E-state index in [0.717, 1.165) is 12.8 Å². The highest BCUT2D eigenvalue weighted by Crippen LogP contribution is 2.37. The summed E-state index contributed by atoms with van der Waals surface area (Å²) in [5, 5.41) is 0. The van der Waals surface area contributed by atoms with Crippen molar-refractivity contribution >= 4 is 0 Å². The van der Waals surface area contributed by atoms with Crippen LogP contribution in [-0.2, 0) is 0 Å². The van der Waals surface area contributed by atoms with Gasteiger partial charge in [0, 0.05) is 5.92 Å². The average Bonchev–Trinajstić information content (AvgIpc) is 2.84. The van der Waals surface area contributed by atoms with Crippen molar-refractivity contribution in [2.45, 2.75) is 12.8 Å². The lowest BCUT2D eigenvalue weighted by Gasteiger charge is -2.03. The molecule has 1 atom stereocenters. The molecule has 0 aliphatic heterocycles. The fourth-order valence-corrected chi connectivity index (χ4v) is 2.40. The van der Waals surface area contributed by atoms with E-state index in [9.17, 15) is 0 Å². The normalized spacial score (nSPS) is 27.2. The second-order valence-corrected chi connectivity index (χ2v) is 4.23. The minimum atomic E-state index is 0.538. The van der Waals surface area contributed by atoms with Crippen molar-refractivity contribution in [1.29, 1.82) is 0 Å². The maximum absolute atomic E-state index is 2.41. The van der Waals surface area contributed by atoms with Gasteiger partial charge in [0.05, 0.1) is 0 Å². The van der Waals surface area contributed by atoms with Gasteiger partial charge in [-0.05, 0) is 24.0 Å². The molecule has 0 aromatic heterocycles. The molecule has 0 spiro atoms. The van der Waals surface area contributed by atoms with E-state index in [2.05, 4.69) is 54.7 Å². The number of rotatable bonds is 1. The van der Waals surface area contributed by atoms with Crippen molar-refractivity contribution in [2.24, 2.45) is 5.92 Å². The van der Waals surface area contributed by atoms with Crippen LogP contribution in [0, 0.1) is 5.92 Å². The first-order valence-corrected chi connectivity index (χ1v) is 5.54. The molecular weight excluding hydrogens is 180 g/mol. The highest BCUT2D eigenvalue weighted by atomic mass is 14.3. The molecule has 3 aliphatic rings. The second-order valence-electron chi connectivity index (χ2n) is 4.23. The molecule has 0 saturated heterocycles. The average molecular weight is 194 g/mol. The van der Waals surface area contributed by atoms with E-state index in [1.165, 1.54) is 16.7 Å². The maximum Gasteiger partial charge on any atom is 0.0172 e. The molecule has 0 bridgehead atoms. The molecule has 0 nitrogen and oxygen atoms in total. The van der Waals surface area contributed by atoms with Gasteiger partial charge in [0.1, 0.15) is 0 Å². The topological polar surface area (TPSA) is 0 Å². The van der Waals surface area contributed by atoms with E-state index in [-0.39, 0.29) is 0 Å². The van der Waals surface area contributed by atoms with Gasteiger partial charge in [-0.1, -0.05) is 60.3 Å². The zero-order valence-electron chi connectivity index (χ0n) is 8.69. The lowest BCUT2D eigenvalue weighted by Crippen LogP contribution is -1.88. The van der Waals surface area contributed by atoms with Gasteiger partial charge in [-0.2, -0.15) is 0 Å². The Balaban J connectivity index is 1.88. The molecule has 0 aromatic rings. The Hall–Kier alpha value is -1.56. The summed E-state index contributed by atoms with van der Waals surface area (Å²) in [6.45, 7) is 0. The van der Waals surface area contributed by atoms with Crippen molar-refractivity contribution in [3.05, 3.63) is 71.4 Å². The molecule has 3 aliphatic carbocycles. The first-order valence-electron chi connectivity index (χ1n) is 5.54. The Kier molecular flexibility index (Phi) is 2.06. The predicted octanol–water partition coefficient (Wildman–Crippen LogP) is 3.87. The number of allylic oxidation sites excluding steroid dienone is 12. The third-order valence-electron chi connectivity index (χ3n) is 3.24. The summed E-state index contributed by atoms with van der Waals surface area (Å²) in [5.74, 6) is 0.538. The van der Waals surface area contributed by atoms with Crippen LogP contribution in [0.5, 0.6) is 0 Å². The van der Waals surface area contributed by atoms with E-state index in [1.807, 2.05) is 0 Å². The summed E-state index contributed by atoms with van der Waals surface area (Å²) in [5.41, 5.74) is 4.56. The summed E-state index contributed by atoms with van der Waals surface area (Å²) < 4.78 is 0. The molecule has 0 N–H and O–H groups in total. The van der Waals surface area contributed by atoms with Crippen LogP contribution in [0.1, 0.15) is 12.8 Å². The molecule has 0 saturated carbocycles. The summed E-state index contributed by atoms with van der Waals surface area (Å²) >= 11 is 0. The number of fused-ring (bicyclic) bond motifs is 1. The highest BCUT2D eigenvalue weighted by Gasteiger charge is 2.21. The van der Waals surface area contributed by atoms with Crippen molar-refractivity contribution in [3.8, 4) is 0 Å². The molecule has 0 heterocycles. The van der Waals surface area contributed by atoms with Crippen LogP contribution < -0.4 is 0 Å². The standard InChI is InChI=1S/C15H14/c1-2-8-13-10-15(11-14(13)9-3-1)12-6-4-5-7-12/h1-6,8-10,13H,7,11H2. The van der Waals surface area contributed by atoms with Gasteiger partial charge in [0.15, 0.2) is 0 Å². The monoisotopic (exact) mass is 194 g/mol. The third-order valence-corrected chi connectivity index (χ3v) is 3.24. The van der Waals surface area contributed by atoms with Crippen LogP contribution in [0.2, 0.25) is 0 Å². The van der Waals surface area contributed by atoms with Crippen molar-refractivity contribution < 1.29 is 0 Å². The fourth-order valence-electron chi connectivity index (χ4n) is 2.40. The summed E-state index contributed by atoms with van der Waals surface area (Å²) in [4.78, 5) is 0. The van der Waals surface area contributed by atoms with Crippen LogP contribution in [-0.4, -0.2) is 0 Å². The quantitative estimate of drug-likeness (QED) is 0.594. The third kappa shape index (κ3) is 1.56. The number of hydrogen-bond donors (Lipinski definition) is 0. The second kappa shape index (κ2) is 3.54. The van der Waals surface area contributed by atoms with Gasteiger partial charge in [-0.25, -0.2) is 0 Å². The summed E-state index contributed by atoms with van der Waals surface area (Å²) in [7, 11) is 0. The van der Waals surface area contributed by atoms with E-state index in [4.69, 9.17) is 0 Å². The largest absolute Gasteiger partial charge is 0.0801 e. The molecule has 15 heavy (non-hydrogen) atoms. The van der Waals surface area contributed by atoms with Crippen molar-refractivity contribution in [1.82, 2.24) is 0 Å². The van der Waals surface area contributed by atoms with E-state index < -0.39 is 0 Å². The smallest absolute Gasteiger partial charge is 0.0172 e.